The lowest BCUT2D eigenvalue weighted by atomic mass is 10.0. The number of rotatable bonds is 4. The molecule has 0 aliphatic carbocycles. The van der Waals surface area contributed by atoms with Crippen LogP contribution in [-0.2, 0) is 13.0 Å². The van der Waals surface area contributed by atoms with Crippen LogP contribution >= 0.6 is 0 Å². The van der Waals surface area contributed by atoms with Crippen LogP contribution in [0.2, 0.25) is 0 Å². The average molecular weight is 435 g/mol. The second kappa shape index (κ2) is 7.38. The molecule has 0 amide bonds. The van der Waals surface area contributed by atoms with Crippen molar-refractivity contribution in [3.63, 3.8) is 0 Å². The van der Waals surface area contributed by atoms with Crippen molar-refractivity contribution in [2.75, 3.05) is 0 Å². The summed E-state index contributed by atoms with van der Waals surface area (Å²) in [6, 6.07) is 19.2. The predicted molar refractivity (Wildman–Crippen MR) is 131 cm³/mol. The maximum absolute atomic E-state index is 12.8. The van der Waals surface area contributed by atoms with E-state index in [9.17, 15) is 9.59 Å². The highest BCUT2D eigenvalue weighted by Gasteiger charge is 2.23. The molecule has 0 saturated heterocycles. The van der Waals surface area contributed by atoms with Gasteiger partial charge in [-0.25, -0.2) is 0 Å². The highest BCUT2D eigenvalue weighted by molar-refractivity contribution is 6.12. The molecule has 0 aliphatic heterocycles. The van der Waals surface area contributed by atoms with Gasteiger partial charge >= 0.3 is 0 Å². The van der Waals surface area contributed by atoms with Crippen molar-refractivity contribution in [1.82, 2.24) is 14.5 Å². The summed E-state index contributed by atoms with van der Waals surface area (Å²) in [5.41, 5.74) is 4.76. The molecule has 6 nitrogen and oxygen atoms in total. The standard InChI is InChI=1S/C27H21N3O3/c1-2-21-24(19-8-5-12-28-27(19)32)25-22(10-9-16-11-13-33-26(16)25)30(21)15-20-18-7-4-3-6-17(18)14-23(31)29-20/h3-14H,2,15H2,1H3,(H,28,32)(H,29,31). The van der Waals surface area contributed by atoms with Crippen LogP contribution in [0, 0.1) is 0 Å². The normalized spacial score (nSPS) is 11.7. The van der Waals surface area contributed by atoms with Crippen LogP contribution in [0.25, 0.3) is 43.8 Å². The fraction of sp³-hybridized carbons (Fsp3) is 0.111. The van der Waals surface area contributed by atoms with Crippen molar-refractivity contribution in [3.8, 4) is 11.1 Å². The number of H-pyrrole nitrogens is 2. The lowest BCUT2D eigenvalue weighted by Gasteiger charge is -2.13. The second-order valence-electron chi connectivity index (χ2n) is 8.17. The average Bonchev–Trinajstić information content (AvgIpc) is 3.41. The zero-order chi connectivity index (χ0) is 22.5. The van der Waals surface area contributed by atoms with Crippen LogP contribution in [0.5, 0.6) is 0 Å². The van der Waals surface area contributed by atoms with Crippen LogP contribution in [0.4, 0.5) is 0 Å². The molecule has 2 N–H and O–H groups in total. The molecular weight excluding hydrogens is 414 g/mol. The molecule has 0 atom stereocenters. The molecule has 0 bridgehead atoms. The van der Waals surface area contributed by atoms with Gasteiger partial charge in [-0.2, -0.15) is 0 Å². The quantitative estimate of drug-likeness (QED) is 0.399. The lowest BCUT2D eigenvalue weighted by Crippen LogP contribution is -2.13. The number of benzene rings is 2. The van der Waals surface area contributed by atoms with Crippen LogP contribution in [-0.4, -0.2) is 14.5 Å². The van der Waals surface area contributed by atoms with Crippen molar-refractivity contribution >= 4 is 32.6 Å². The molecule has 0 saturated carbocycles. The van der Waals surface area contributed by atoms with Crippen LogP contribution in [0.3, 0.4) is 0 Å². The van der Waals surface area contributed by atoms with Gasteiger partial charge in [-0.1, -0.05) is 31.2 Å². The van der Waals surface area contributed by atoms with Crippen molar-refractivity contribution in [2.45, 2.75) is 19.9 Å². The minimum Gasteiger partial charge on any atom is -0.464 e. The number of fused-ring (bicyclic) bond motifs is 4. The van der Waals surface area contributed by atoms with Gasteiger partial charge in [0, 0.05) is 45.6 Å². The second-order valence-corrected chi connectivity index (χ2v) is 8.17. The first-order valence-corrected chi connectivity index (χ1v) is 11.0. The van der Waals surface area contributed by atoms with E-state index in [0.717, 1.165) is 49.6 Å². The Balaban J connectivity index is 1.72. The first-order valence-electron chi connectivity index (χ1n) is 11.0. The van der Waals surface area contributed by atoms with Gasteiger partial charge in [0.05, 0.1) is 23.7 Å². The largest absolute Gasteiger partial charge is 0.464 e. The van der Waals surface area contributed by atoms with Crippen LogP contribution in [0.15, 0.2) is 87.1 Å². The number of aromatic nitrogens is 3. The first kappa shape index (κ1) is 19.4. The number of hydrogen-bond acceptors (Lipinski definition) is 3. The summed E-state index contributed by atoms with van der Waals surface area (Å²) < 4.78 is 8.09. The molecule has 6 heteroatoms. The van der Waals surface area contributed by atoms with Gasteiger partial charge in [-0.05, 0) is 42.1 Å². The Morgan fingerprint density at radius 2 is 1.85 bits per heavy atom. The molecule has 0 radical (unpaired) electrons. The zero-order valence-electron chi connectivity index (χ0n) is 18.0. The van der Waals surface area contributed by atoms with Gasteiger partial charge in [-0.15, -0.1) is 0 Å². The summed E-state index contributed by atoms with van der Waals surface area (Å²) in [7, 11) is 0. The maximum Gasteiger partial charge on any atom is 0.255 e. The Hall–Kier alpha value is -4.32. The Morgan fingerprint density at radius 1 is 0.970 bits per heavy atom. The molecule has 6 rings (SSSR count). The van der Waals surface area contributed by atoms with E-state index in [1.165, 1.54) is 0 Å². The predicted octanol–water partition coefficient (Wildman–Crippen LogP) is 5.20. The third-order valence-corrected chi connectivity index (χ3v) is 6.34. The summed E-state index contributed by atoms with van der Waals surface area (Å²) in [6.07, 6.45) is 4.02. The maximum atomic E-state index is 12.8. The Bertz CT molecular complexity index is 1780. The Labute approximate surface area is 188 Å². The van der Waals surface area contributed by atoms with E-state index in [1.54, 1.807) is 18.5 Å². The molecular formula is C27H21N3O3. The van der Waals surface area contributed by atoms with Crippen molar-refractivity contribution in [2.24, 2.45) is 0 Å². The summed E-state index contributed by atoms with van der Waals surface area (Å²) >= 11 is 0. The third-order valence-electron chi connectivity index (χ3n) is 6.34. The molecule has 4 heterocycles. The first-order chi connectivity index (χ1) is 16.2. The summed E-state index contributed by atoms with van der Waals surface area (Å²) in [5.74, 6) is 0. The zero-order valence-corrected chi connectivity index (χ0v) is 18.0. The van der Waals surface area contributed by atoms with Gasteiger partial charge < -0.3 is 19.0 Å². The van der Waals surface area contributed by atoms with Gasteiger partial charge in [0.25, 0.3) is 5.56 Å². The molecule has 4 aromatic heterocycles. The third kappa shape index (κ3) is 2.95. The highest BCUT2D eigenvalue weighted by Crippen LogP contribution is 2.39. The molecule has 2 aromatic carbocycles. The van der Waals surface area contributed by atoms with Crippen LogP contribution in [0.1, 0.15) is 18.3 Å². The lowest BCUT2D eigenvalue weighted by molar-refractivity contribution is 0.619. The van der Waals surface area contributed by atoms with Crippen molar-refractivity contribution < 1.29 is 4.42 Å². The highest BCUT2D eigenvalue weighted by atomic mass is 16.3. The molecule has 6 aromatic rings. The molecule has 0 fully saturated rings. The molecule has 33 heavy (non-hydrogen) atoms. The number of nitrogens with one attached hydrogen (secondary N) is 2. The molecule has 162 valence electrons. The van der Waals surface area contributed by atoms with E-state index < -0.39 is 0 Å². The SMILES string of the molecule is CCc1c(-c2ccc[nH]c2=O)c2c3occc3ccc2n1Cc1[nH]c(=O)cc2ccccc12. The number of pyridine rings is 2. The topological polar surface area (TPSA) is 83.8 Å². The summed E-state index contributed by atoms with van der Waals surface area (Å²) in [4.78, 5) is 31.1. The van der Waals surface area contributed by atoms with Crippen molar-refractivity contribution in [3.05, 3.63) is 105 Å². The summed E-state index contributed by atoms with van der Waals surface area (Å²) in [6.45, 7) is 2.55. The van der Waals surface area contributed by atoms with Crippen molar-refractivity contribution in [1.29, 1.82) is 0 Å². The van der Waals surface area contributed by atoms with E-state index in [0.29, 0.717) is 18.5 Å². The smallest absolute Gasteiger partial charge is 0.255 e. The number of aromatic amines is 2. The van der Waals surface area contributed by atoms with Gasteiger partial charge in [-0.3, -0.25) is 9.59 Å². The number of hydrogen-bond donors (Lipinski definition) is 2. The molecule has 0 aliphatic rings. The van der Waals surface area contributed by atoms with Crippen LogP contribution < -0.4 is 11.1 Å². The number of furan rings is 1. The van der Waals surface area contributed by atoms with E-state index in [2.05, 4.69) is 27.5 Å². The van der Waals surface area contributed by atoms with E-state index >= 15 is 0 Å². The fourth-order valence-corrected chi connectivity index (χ4v) is 4.94. The minimum absolute atomic E-state index is 0.133. The molecule has 0 spiro atoms. The minimum atomic E-state index is -0.145. The van der Waals surface area contributed by atoms with E-state index in [1.807, 2.05) is 48.5 Å². The summed E-state index contributed by atoms with van der Waals surface area (Å²) in [5, 5.41) is 3.79. The fourth-order valence-electron chi connectivity index (χ4n) is 4.94. The molecule has 0 unspecified atom stereocenters. The van der Waals surface area contributed by atoms with E-state index in [4.69, 9.17) is 4.42 Å². The van der Waals surface area contributed by atoms with E-state index in [-0.39, 0.29) is 11.1 Å². The number of nitrogens with zero attached hydrogens (tertiary/aromatic N) is 1. The van der Waals surface area contributed by atoms with Gasteiger partial charge in [0.1, 0.15) is 5.58 Å². The Morgan fingerprint density at radius 3 is 2.70 bits per heavy atom. The van der Waals surface area contributed by atoms with Gasteiger partial charge in [0.15, 0.2) is 0 Å². The Kier molecular flexibility index (Phi) is 4.33. The van der Waals surface area contributed by atoms with Gasteiger partial charge in [0.2, 0.25) is 5.56 Å². The monoisotopic (exact) mass is 435 g/mol.